The minimum atomic E-state index is -1.44. The molecule has 6 heteroatoms. The van der Waals surface area contributed by atoms with Crippen LogP contribution in [0.25, 0.3) is 0 Å². The molecule has 6 nitrogen and oxygen atoms in total. The lowest BCUT2D eigenvalue weighted by atomic mass is 10.0. The predicted octanol–water partition coefficient (Wildman–Crippen LogP) is 3.13. The molecular weight excluding hydrogens is 264 g/mol. The van der Waals surface area contributed by atoms with E-state index in [0.29, 0.717) is 12.8 Å². The quantitative estimate of drug-likeness (QED) is 0.278. The first kappa shape index (κ1) is 18.4. The largest absolute Gasteiger partial charge is 0.478 e. The Balaban J connectivity index is 5.09. The van der Waals surface area contributed by atoms with Crippen LogP contribution in [-0.2, 0) is 19.4 Å². The van der Waals surface area contributed by atoms with Crippen LogP contribution in [0.5, 0.6) is 0 Å². The maximum atomic E-state index is 11.2. The van der Waals surface area contributed by atoms with Crippen LogP contribution in [0.1, 0.15) is 59.8 Å². The minimum absolute atomic E-state index is 0.130. The molecule has 0 amide bonds. The van der Waals surface area contributed by atoms with Crippen molar-refractivity contribution in [2.75, 3.05) is 0 Å². The summed E-state index contributed by atoms with van der Waals surface area (Å²) in [6, 6.07) is 0. The van der Waals surface area contributed by atoms with Gasteiger partial charge >= 0.3 is 11.9 Å². The second-order valence-electron chi connectivity index (χ2n) is 5.20. The molecule has 0 aliphatic carbocycles. The lowest BCUT2D eigenvalue weighted by molar-refractivity contribution is -0.327. The Labute approximate surface area is 119 Å². The van der Waals surface area contributed by atoms with Crippen molar-refractivity contribution in [1.82, 2.24) is 0 Å². The molecule has 0 saturated heterocycles. The summed E-state index contributed by atoms with van der Waals surface area (Å²) in [5, 5.41) is 18.2. The van der Waals surface area contributed by atoms with Gasteiger partial charge in [0.2, 0.25) is 0 Å². The van der Waals surface area contributed by atoms with Gasteiger partial charge in [-0.3, -0.25) is 0 Å². The molecule has 0 aromatic heterocycles. The van der Waals surface area contributed by atoms with Crippen LogP contribution in [0, 0.1) is 0 Å². The Morgan fingerprint density at radius 3 is 2.05 bits per heavy atom. The van der Waals surface area contributed by atoms with Crippen molar-refractivity contribution in [3.63, 3.8) is 0 Å². The minimum Gasteiger partial charge on any atom is -0.478 e. The first-order valence-electron chi connectivity index (χ1n) is 6.80. The molecule has 0 aliphatic heterocycles. The number of carboxylic acids is 2. The highest BCUT2D eigenvalue weighted by Gasteiger charge is 2.26. The number of hydrogen-bond donors (Lipinski definition) is 2. The summed E-state index contributed by atoms with van der Waals surface area (Å²) < 4.78 is 0. The van der Waals surface area contributed by atoms with Gasteiger partial charge in [-0.25, -0.2) is 9.59 Å². The molecule has 0 aromatic carbocycles. The molecule has 2 N–H and O–H groups in total. The maximum absolute atomic E-state index is 11.2. The number of carboxylic acid groups (broad SMARTS) is 2. The summed E-state index contributed by atoms with van der Waals surface area (Å²) in [5.41, 5.74) is -0.948. The van der Waals surface area contributed by atoms with E-state index in [4.69, 9.17) is 20.0 Å². The van der Waals surface area contributed by atoms with E-state index < -0.39 is 23.3 Å². The smallest absolute Gasteiger partial charge is 0.375 e. The first-order valence-corrected chi connectivity index (χ1v) is 6.80. The van der Waals surface area contributed by atoms with Crippen LogP contribution in [0.15, 0.2) is 11.3 Å². The number of rotatable bonds is 10. The lowest BCUT2D eigenvalue weighted by Gasteiger charge is -2.23. The van der Waals surface area contributed by atoms with Crippen molar-refractivity contribution in [3.05, 3.63) is 11.3 Å². The molecule has 0 rings (SSSR count). The Morgan fingerprint density at radius 2 is 1.65 bits per heavy atom. The fourth-order valence-corrected chi connectivity index (χ4v) is 1.68. The van der Waals surface area contributed by atoms with E-state index in [1.807, 2.05) is 13.8 Å². The zero-order valence-electron chi connectivity index (χ0n) is 12.6. The fourth-order valence-electron chi connectivity index (χ4n) is 1.68. The van der Waals surface area contributed by atoms with Crippen molar-refractivity contribution < 1.29 is 29.6 Å². The van der Waals surface area contributed by atoms with Crippen molar-refractivity contribution >= 4 is 11.9 Å². The highest BCUT2D eigenvalue weighted by Crippen LogP contribution is 2.21. The molecular formula is C14H24O6. The van der Waals surface area contributed by atoms with Crippen molar-refractivity contribution in [3.8, 4) is 0 Å². The third-order valence-corrected chi connectivity index (χ3v) is 2.71. The lowest BCUT2D eigenvalue weighted by Crippen LogP contribution is -2.26. The molecule has 0 unspecified atom stereocenters. The molecule has 0 heterocycles. The highest BCUT2D eigenvalue weighted by molar-refractivity contribution is 5.97. The van der Waals surface area contributed by atoms with Crippen molar-refractivity contribution in [2.45, 2.75) is 65.4 Å². The normalized spacial score (nSPS) is 12.8. The molecule has 0 spiro atoms. The van der Waals surface area contributed by atoms with Crippen LogP contribution >= 0.6 is 0 Å². The molecule has 0 fully saturated rings. The van der Waals surface area contributed by atoms with E-state index in [1.54, 1.807) is 13.8 Å². The molecule has 0 atom stereocenters. The van der Waals surface area contributed by atoms with Gasteiger partial charge in [0, 0.05) is 0 Å². The van der Waals surface area contributed by atoms with Crippen molar-refractivity contribution in [2.24, 2.45) is 0 Å². The van der Waals surface area contributed by atoms with E-state index in [-0.39, 0.29) is 12.0 Å². The van der Waals surface area contributed by atoms with E-state index in [9.17, 15) is 9.59 Å². The third-order valence-electron chi connectivity index (χ3n) is 2.71. The number of hydrogen-bond acceptors (Lipinski definition) is 4. The second-order valence-corrected chi connectivity index (χ2v) is 5.20. The van der Waals surface area contributed by atoms with Gasteiger partial charge in [-0.15, -0.1) is 0 Å². The molecule has 20 heavy (non-hydrogen) atoms. The summed E-state index contributed by atoms with van der Waals surface area (Å²) in [5.74, 6) is -3.38. The van der Waals surface area contributed by atoms with Crippen LogP contribution in [-0.4, -0.2) is 27.8 Å². The van der Waals surface area contributed by atoms with E-state index in [1.165, 1.54) is 0 Å². The summed E-state index contributed by atoms with van der Waals surface area (Å²) in [6.07, 6.45) is 2.96. The molecule has 0 radical (unpaired) electrons. The van der Waals surface area contributed by atoms with E-state index >= 15 is 0 Å². The monoisotopic (exact) mass is 288 g/mol. The molecule has 0 saturated carbocycles. The average Bonchev–Trinajstić information content (AvgIpc) is 2.32. The molecule has 0 bridgehead atoms. The highest BCUT2D eigenvalue weighted by atomic mass is 17.2. The van der Waals surface area contributed by atoms with Crippen LogP contribution in [0.2, 0.25) is 0 Å². The van der Waals surface area contributed by atoms with E-state index in [0.717, 1.165) is 12.8 Å². The Morgan fingerprint density at radius 1 is 1.05 bits per heavy atom. The van der Waals surface area contributed by atoms with Gasteiger partial charge in [-0.2, -0.15) is 4.89 Å². The Bertz CT molecular complexity index is 370. The molecule has 0 aliphatic rings. The Kier molecular flexibility index (Phi) is 7.91. The maximum Gasteiger partial charge on any atom is 0.375 e. The van der Waals surface area contributed by atoms with E-state index in [2.05, 4.69) is 0 Å². The predicted molar refractivity (Wildman–Crippen MR) is 73.0 cm³/mol. The van der Waals surface area contributed by atoms with Crippen LogP contribution in [0.4, 0.5) is 0 Å². The zero-order chi connectivity index (χ0) is 15.8. The SMILES string of the molecule is CCCC/C(C(=O)O)=C(/OOC(C)(C)CCC)C(=O)O. The standard InChI is InChI=1S/C14H24O6/c1-5-7-8-10(12(15)16)11(13(17)18)19-20-14(3,4)9-6-2/h5-9H2,1-4H3,(H,15,16)(H,17,18)/b11-10-. The summed E-state index contributed by atoms with van der Waals surface area (Å²) in [7, 11) is 0. The zero-order valence-corrected chi connectivity index (χ0v) is 12.6. The van der Waals surface area contributed by atoms with Crippen molar-refractivity contribution in [1.29, 1.82) is 0 Å². The van der Waals surface area contributed by atoms with Gasteiger partial charge in [0.1, 0.15) is 5.60 Å². The molecule has 116 valence electrons. The Hall–Kier alpha value is -1.56. The summed E-state index contributed by atoms with van der Waals surface area (Å²) in [4.78, 5) is 32.2. The van der Waals surface area contributed by atoms with Gasteiger partial charge < -0.3 is 15.1 Å². The fraction of sp³-hybridized carbons (Fsp3) is 0.714. The van der Waals surface area contributed by atoms with Gasteiger partial charge in [0.25, 0.3) is 5.76 Å². The summed E-state index contributed by atoms with van der Waals surface area (Å²) in [6.45, 7) is 7.36. The van der Waals surface area contributed by atoms with Gasteiger partial charge in [-0.1, -0.05) is 26.7 Å². The molecule has 0 aromatic rings. The third kappa shape index (κ3) is 6.56. The topological polar surface area (TPSA) is 93.1 Å². The summed E-state index contributed by atoms with van der Waals surface area (Å²) >= 11 is 0. The van der Waals surface area contributed by atoms with Gasteiger partial charge in [-0.05, 0) is 33.1 Å². The number of carbonyl (C=O) groups is 2. The van der Waals surface area contributed by atoms with Gasteiger partial charge in [0.15, 0.2) is 0 Å². The average molecular weight is 288 g/mol. The van der Waals surface area contributed by atoms with Crippen LogP contribution in [0.3, 0.4) is 0 Å². The number of aliphatic carboxylic acids is 2. The first-order chi connectivity index (χ1) is 9.25. The van der Waals surface area contributed by atoms with Gasteiger partial charge in [0.05, 0.1) is 5.57 Å². The second kappa shape index (κ2) is 8.58. The number of unbranched alkanes of at least 4 members (excludes halogenated alkanes) is 1. The van der Waals surface area contributed by atoms with Crippen LogP contribution < -0.4 is 0 Å².